The molecule has 142 valence electrons. The van der Waals surface area contributed by atoms with E-state index in [9.17, 15) is 8.42 Å². The fourth-order valence-corrected chi connectivity index (χ4v) is 5.27. The number of ether oxygens (including phenoxy) is 1. The van der Waals surface area contributed by atoms with Gasteiger partial charge in [0.05, 0.1) is 12.0 Å². The minimum atomic E-state index is -3.46. The lowest BCUT2D eigenvalue weighted by molar-refractivity contribution is 0.317. The maximum atomic E-state index is 12.9. The molecule has 1 aromatic heterocycles. The van der Waals surface area contributed by atoms with Crippen LogP contribution >= 0.6 is 0 Å². The lowest BCUT2D eigenvalue weighted by Crippen LogP contribution is -2.37. The predicted octanol–water partition coefficient (Wildman–Crippen LogP) is 4.05. The van der Waals surface area contributed by atoms with E-state index in [4.69, 9.17) is 4.74 Å². The first kappa shape index (κ1) is 18.1. The number of fused-ring (bicyclic) bond motifs is 1. The minimum Gasteiger partial charge on any atom is -0.497 e. The summed E-state index contributed by atoms with van der Waals surface area (Å²) in [5, 5.41) is 1.22. The second kappa shape index (κ2) is 7.02. The second-order valence-electron chi connectivity index (χ2n) is 7.17. The highest BCUT2D eigenvalue weighted by atomic mass is 32.2. The third-order valence-electron chi connectivity index (χ3n) is 5.39. The van der Waals surface area contributed by atoms with Crippen molar-refractivity contribution in [3.05, 3.63) is 59.8 Å². The summed E-state index contributed by atoms with van der Waals surface area (Å²) in [5.41, 5.74) is 3.59. The van der Waals surface area contributed by atoms with Crippen LogP contribution in [0.15, 0.2) is 53.4 Å². The van der Waals surface area contributed by atoms with Crippen LogP contribution in [0.4, 0.5) is 0 Å². The molecule has 1 fully saturated rings. The summed E-state index contributed by atoms with van der Waals surface area (Å²) in [6, 6.07) is 15.2. The molecule has 0 aliphatic carbocycles. The van der Waals surface area contributed by atoms with Crippen molar-refractivity contribution >= 4 is 20.9 Å². The Morgan fingerprint density at radius 3 is 2.41 bits per heavy atom. The molecular weight excluding hydrogens is 360 g/mol. The standard InChI is InChI=1S/C21H24N2O3S/c1-15-3-8-20-17(13-15)14-21(22-20)16-9-11-23(12-10-16)27(24,25)19-6-4-18(26-2)5-7-19/h3-8,13-14,16,22H,9-12H2,1-2H3. The molecule has 1 saturated heterocycles. The van der Waals surface area contributed by atoms with Crippen LogP contribution in [-0.4, -0.2) is 37.9 Å². The highest BCUT2D eigenvalue weighted by Gasteiger charge is 2.30. The van der Waals surface area contributed by atoms with Crippen LogP contribution in [0.5, 0.6) is 5.75 Å². The summed E-state index contributed by atoms with van der Waals surface area (Å²) in [5.74, 6) is 1.02. The van der Waals surface area contributed by atoms with E-state index in [0.717, 1.165) is 18.4 Å². The largest absolute Gasteiger partial charge is 0.497 e. The van der Waals surface area contributed by atoms with Gasteiger partial charge < -0.3 is 9.72 Å². The second-order valence-corrected chi connectivity index (χ2v) is 9.11. The molecule has 3 aromatic rings. The summed E-state index contributed by atoms with van der Waals surface area (Å²) in [6.07, 6.45) is 1.64. The third kappa shape index (κ3) is 3.47. The van der Waals surface area contributed by atoms with Crippen LogP contribution in [0.3, 0.4) is 0 Å². The van der Waals surface area contributed by atoms with Crippen molar-refractivity contribution < 1.29 is 13.2 Å². The molecule has 6 heteroatoms. The molecule has 0 bridgehead atoms. The monoisotopic (exact) mass is 384 g/mol. The number of hydrogen-bond donors (Lipinski definition) is 1. The fraction of sp³-hybridized carbons (Fsp3) is 0.333. The maximum Gasteiger partial charge on any atom is 0.243 e. The first-order valence-corrected chi connectivity index (χ1v) is 10.6. The SMILES string of the molecule is COc1ccc(S(=O)(=O)N2CCC(c3cc4cc(C)ccc4[nH]3)CC2)cc1. The predicted molar refractivity (Wildman–Crippen MR) is 107 cm³/mol. The van der Waals surface area contributed by atoms with Gasteiger partial charge in [0.1, 0.15) is 5.75 Å². The number of aromatic amines is 1. The van der Waals surface area contributed by atoms with Crippen LogP contribution in [0.2, 0.25) is 0 Å². The van der Waals surface area contributed by atoms with Crippen LogP contribution in [0.25, 0.3) is 10.9 Å². The average molecular weight is 385 g/mol. The number of hydrogen-bond acceptors (Lipinski definition) is 3. The highest BCUT2D eigenvalue weighted by molar-refractivity contribution is 7.89. The fourth-order valence-electron chi connectivity index (χ4n) is 3.80. The summed E-state index contributed by atoms with van der Waals surface area (Å²) in [4.78, 5) is 3.83. The molecule has 4 rings (SSSR count). The highest BCUT2D eigenvalue weighted by Crippen LogP contribution is 2.32. The van der Waals surface area contributed by atoms with Gasteiger partial charge in [-0.15, -0.1) is 0 Å². The Balaban J connectivity index is 1.48. The molecule has 1 aliphatic rings. The molecule has 0 amide bonds. The molecule has 0 atom stereocenters. The maximum absolute atomic E-state index is 12.9. The van der Waals surface area contributed by atoms with Crippen molar-refractivity contribution in [2.24, 2.45) is 0 Å². The van der Waals surface area contributed by atoms with Crippen LogP contribution in [0.1, 0.15) is 30.0 Å². The molecule has 27 heavy (non-hydrogen) atoms. The van der Waals surface area contributed by atoms with E-state index in [1.807, 2.05) is 0 Å². The Hall–Kier alpha value is -2.31. The zero-order chi connectivity index (χ0) is 19.0. The van der Waals surface area contributed by atoms with Gasteiger partial charge in [-0.1, -0.05) is 11.6 Å². The summed E-state index contributed by atoms with van der Waals surface area (Å²) < 4.78 is 32.5. The lowest BCUT2D eigenvalue weighted by Gasteiger charge is -2.30. The van der Waals surface area contributed by atoms with Crippen molar-refractivity contribution in [3.8, 4) is 5.75 Å². The first-order valence-electron chi connectivity index (χ1n) is 9.21. The summed E-state index contributed by atoms with van der Waals surface area (Å²) >= 11 is 0. The molecule has 1 aliphatic heterocycles. The summed E-state index contributed by atoms with van der Waals surface area (Å²) in [7, 11) is -1.89. The quantitative estimate of drug-likeness (QED) is 0.738. The van der Waals surface area contributed by atoms with Gasteiger partial charge in [-0.3, -0.25) is 0 Å². The van der Waals surface area contributed by atoms with Crippen molar-refractivity contribution in [2.75, 3.05) is 20.2 Å². The molecule has 5 nitrogen and oxygen atoms in total. The number of methoxy groups -OCH3 is 1. The number of aryl methyl sites for hydroxylation is 1. The Labute approximate surface area is 160 Å². The molecule has 0 saturated carbocycles. The van der Waals surface area contributed by atoms with E-state index in [0.29, 0.717) is 29.7 Å². The van der Waals surface area contributed by atoms with E-state index >= 15 is 0 Å². The van der Waals surface area contributed by atoms with E-state index in [-0.39, 0.29) is 0 Å². The molecular formula is C21H24N2O3S. The summed E-state index contributed by atoms with van der Waals surface area (Å²) in [6.45, 7) is 3.16. The van der Waals surface area contributed by atoms with Gasteiger partial charge in [0.2, 0.25) is 10.0 Å². The lowest BCUT2D eigenvalue weighted by atomic mass is 9.95. The number of piperidine rings is 1. The third-order valence-corrected chi connectivity index (χ3v) is 7.30. The van der Waals surface area contributed by atoms with Crippen molar-refractivity contribution in [1.82, 2.24) is 9.29 Å². The Morgan fingerprint density at radius 2 is 1.74 bits per heavy atom. The normalized spacial score (nSPS) is 16.7. The van der Waals surface area contributed by atoms with E-state index in [2.05, 4.69) is 36.2 Å². The number of benzene rings is 2. The molecule has 0 spiro atoms. The zero-order valence-electron chi connectivity index (χ0n) is 15.6. The van der Waals surface area contributed by atoms with E-state index < -0.39 is 10.0 Å². The van der Waals surface area contributed by atoms with E-state index in [1.165, 1.54) is 16.6 Å². The van der Waals surface area contributed by atoms with Gasteiger partial charge in [0.15, 0.2) is 0 Å². The first-order chi connectivity index (χ1) is 13.0. The van der Waals surface area contributed by atoms with E-state index in [1.54, 1.807) is 35.7 Å². The number of aromatic nitrogens is 1. The number of sulfonamides is 1. The van der Waals surface area contributed by atoms with Gasteiger partial charge in [-0.25, -0.2) is 8.42 Å². The molecule has 0 radical (unpaired) electrons. The zero-order valence-corrected chi connectivity index (χ0v) is 16.4. The van der Waals surface area contributed by atoms with Crippen LogP contribution in [-0.2, 0) is 10.0 Å². The molecule has 2 aromatic carbocycles. The number of nitrogens with zero attached hydrogens (tertiary/aromatic N) is 1. The average Bonchev–Trinajstić information content (AvgIpc) is 3.11. The number of H-pyrrole nitrogens is 1. The van der Waals surface area contributed by atoms with Crippen LogP contribution in [0, 0.1) is 6.92 Å². The van der Waals surface area contributed by atoms with Gasteiger partial charge >= 0.3 is 0 Å². The van der Waals surface area contributed by atoms with Gasteiger partial charge in [0.25, 0.3) is 0 Å². The van der Waals surface area contributed by atoms with Gasteiger partial charge in [0, 0.05) is 30.2 Å². The van der Waals surface area contributed by atoms with Gasteiger partial charge in [-0.2, -0.15) is 4.31 Å². The number of nitrogens with one attached hydrogen (secondary N) is 1. The smallest absolute Gasteiger partial charge is 0.243 e. The minimum absolute atomic E-state index is 0.322. The van der Waals surface area contributed by atoms with Crippen molar-refractivity contribution in [1.29, 1.82) is 0 Å². The van der Waals surface area contributed by atoms with Crippen LogP contribution < -0.4 is 4.74 Å². The Morgan fingerprint density at radius 1 is 1.04 bits per heavy atom. The molecule has 1 N–H and O–H groups in total. The Bertz CT molecular complexity index is 1050. The van der Waals surface area contributed by atoms with Gasteiger partial charge in [-0.05, 0) is 67.6 Å². The molecule has 0 unspecified atom stereocenters. The van der Waals surface area contributed by atoms with Crippen molar-refractivity contribution in [2.45, 2.75) is 30.6 Å². The number of rotatable bonds is 4. The topological polar surface area (TPSA) is 62.4 Å². The van der Waals surface area contributed by atoms with Crippen molar-refractivity contribution in [3.63, 3.8) is 0 Å². The Kier molecular flexibility index (Phi) is 4.70. The molecule has 2 heterocycles.